The summed E-state index contributed by atoms with van der Waals surface area (Å²) < 4.78 is 13.5. The van der Waals surface area contributed by atoms with Gasteiger partial charge >= 0.3 is 22.7 Å². The summed E-state index contributed by atoms with van der Waals surface area (Å²) in [6.45, 7) is 0. The molecule has 100 valence electrons. The van der Waals surface area contributed by atoms with Crippen LogP contribution in [0.15, 0.2) is 6.07 Å². The summed E-state index contributed by atoms with van der Waals surface area (Å²) >= 11 is 0. The molecule has 0 saturated carbocycles. The summed E-state index contributed by atoms with van der Waals surface area (Å²) in [5.41, 5.74) is -6.69. The summed E-state index contributed by atoms with van der Waals surface area (Å²) in [5.74, 6) is -2.24. The maximum atomic E-state index is 13.5. The van der Waals surface area contributed by atoms with Crippen LogP contribution in [-0.4, -0.2) is 19.7 Å². The lowest BCUT2D eigenvalue weighted by atomic mass is 10.2. The van der Waals surface area contributed by atoms with E-state index in [2.05, 4.69) is 0 Å². The van der Waals surface area contributed by atoms with E-state index in [1.807, 2.05) is 0 Å². The topological polar surface area (TPSA) is 173 Å². The highest BCUT2D eigenvalue weighted by atomic mass is 19.1. The fourth-order valence-corrected chi connectivity index (χ4v) is 1.23. The Morgan fingerprint density at radius 1 is 0.737 bits per heavy atom. The van der Waals surface area contributed by atoms with E-state index in [1.165, 1.54) is 0 Å². The maximum absolute atomic E-state index is 13.5. The smallest absolute Gasteiger partial charge is 0.258 e. The number of nitro groups is 4. The molecule has 13 heteroatoms. The molecule has 1 aromatic rings. The Morgan fingerprint density at radius 2 is 1.05 bits per heavy atom. The van der Waals surface area contributed by atoms with Crippen LogP contribution in [0.3, 0.4) is 0 Å². The molecule has 0 unspecified atom stereocenters. The molecule has 12 nitrogen and oxygen atoms in total. The molecule has 0 atom stereocenters. The summed E-state index contributed by atoms with van der Waals surface area (Å²) in [4.78, 5) is 35.9. The molecule has 0 bridgehead atoms. The lowest BCUT2D eigenvalue weighted by Gasteiger charge is -1.99. The second kappa shape index (κ2) is 4.55. The number of nitrogens with zero attached hydrogens (tertiary/aromatic N) is 4. The highest BCUT2D eigenvalue weighted by molar-refractivity contribution is 5.69. The standard InChI is InChI=1S/C6HFN4O8/c7-4-5(10(16)17)2(8(12)13)1-3(9(14)15)6(4)11(18)19/h1H. The number of rotatable bonds is 4. The molecule has 0 spiro atoms. The Morgan fingerprint density at radius 3 is 1.26 bits per heavy atom. The Bertz CT molecular complexity index is 578. The minimum atomic E-state index is -2.24. The molecule has 0 aliphatic carbocycles. The molecule has 0 N–H and O–H groups in total. The van der Waals surface area contributed by atoms with Gasteiger partial charge in [-0.05, 0) is 0 Å². The lowest BCUT2D eigenvalue weighted by molar-refractivity contribution is -0.437. The van der Waals surface area contributed by atoms with Crippen molar-refractivity contribution in [3.05, 3.63) is 52.3 Å². The SMILES string of the molecule is O=[N+]([O-])c1cc([N+](=O)[O-])c([N+](=O)[O-])c(F)c1[N+](=O)[O-]. The van der Waals surface area contributed by atoms with Crippen LogP contribution in [0, 0.1) is 46.3 Å². The van der Waals surface area contributed by atoms with Gasteiger partial charge in [-0.1, -0.05) is 0 Å². The number of hydrogen-bond acceptors (Lipinski definition) is 8. The zero-order valence-corrected chi connectivity index (χ0v) is 8.51. The lowest BCUT2D eigenvalue weighted by Crippen LogP contribution is -2.06. The molecule has 1 aromatic carbocycles. The molecule has 0 saturated heterocycles. The van der Waals surface area contributed by atoms with Gasteiger partial charge in [0, 0.05) is 0 Å². The second-order valence-electron chi connectivity index (χ2n) is 2.95. The minimum Gasteiger partial charge on any atom is -0.258 e. The van der Waals surface area contributed by atoms with E-state index in [-0.39, 0.29) is 6.07 Å². The van der Waals surface area contributed by atoms with Crippen LogP contribution in [0.2, 0.25) is 0 Å². The van der Waals surface area contributed by atoms with Gasteiger partial charge in [0.2, 0.25) is 0 Å². The van der Waals surface area contributed by atoms with Crippen molar-refractivity contribution in [2.75, 3.05) is 0 Å². The molecule has 19 heavy (non-hydrogen) atoms. The first-order chi connectivity index (χ1) is 8.68. The van der Waals surface area contributed by atoms with Gasteiger partial charge in [-0.25, -0.2) is 0 Å². The predicted molar refractivity (Wildman–Crippen MR) is 53.0 cm³/mol. The summed E-state index contributed by atoms with van der Waals surface area (Å²) in [5, 5.41) is 41.9. The molecule has 0 aromatic heterocycles. The first-order valence-electron chi connectivity index (χ1n) is 4.12. The van der Waals surface area contributed by atoms with Crippen LogP contribution >= 0.6 is 0 Å². The maximum Gasteiger partial charge on any atom is 0.389 e. The quantitative estimate of drug-likeness (QED) is 0.586. The normalized spacial score (nSPS) is 9.95. The zero-order chi connectivity index (χ0) is 14.9. The average molecular weight is 276 g/mol. The second-order valence-corrected chi connectivity index (χ2v) is 2.95. The van der Waals surface area contributed by atoms with Crippen molar-refractivity contribution < 1.29 is 24.1 Å². The highest BCUT2D eigenvalue weighted by Gasteiger charge is 2.43. The van der Waals surface area contributed by atoms with Gasteiger partial charge in [-0.15, -0.1) is 0 Å². The van der Waals surface area contributed by atoms with E-state index in [9.17, 15) is 44.8 Å². The van der Waals surface area contributed by atoms with Crippen LogP contribution in [0.25, 0.3) is 0 Å². The minimum absolute atomic E-state index is 0.0284. The van der Waals surface area contributed by atoms with E-state index in [0.717, 1.165) is 0 Å². The van der Waals surface area contributed by atoms with Gasteiger partial charge in [0.1, 0.15) is 6.07 Å². The van der Waals surface area contributed by atoms with Crippen molar-refractivity contribution >= 4 is 22.7 Å². The van der Waals surface area contributed by atoms with Crippen LogP contribution < -0.4 is 0 Å². The van der Waals surface area contributed by atoms with Gasteiger partial charge in [0.05, 0.1) is 19.7 Å². The van der Waals surface area contributed by atoms with Crippen molar-refractivity contribution in [3.8, 4) is 0 Å². The number of benzene rings is 1. The van der Waals surface area contributed by atoms with Crippen molar-refractivity contribution in [1.29, 1.82) is 0 Å². The molecule has 1 rings (SSSR count). The van der Waals surface area contributed by atoms with Crippen LogP contribution in [0.5, 0.6) is 0 Å². The predicted octanol–water partition coefficient (Wildman–Crippen LogP) is 1.46. The van der Waals surface area contributed by atoms with Gasteiger partial charge < -0.3 is 0 Å². The molecule has 0 aliphatic rings. The Balaban J connectivity index is 3.91. The summed E-state index contributed by atoms with van der Waals surface area (Å²) in [7, 11) is 0. The fraction of sp³-hybridized carbons (Fsp3) is 0. The Hall–Kier alpha value is -3.25. The number of halogens is 1. The molecule has 0 heterocycles. The largest absolute Gasteiger partial charge is 0.389 e. The monoisotopic (exact) mass is 276 g/mol. The summed E-state index contributed by atoms with van der Waals surface area (Å²) in [6, 6.07) is -0.0284. The fourth-order valence-electron chi connectivity index (χ4n) is 1.23. The van der Waals surface area contributed by atoms with Crippen molar-refractivity contribution in [2.24, 2.45) is 0 Å². The van der Waals surface area contributed by atoms with Gasteiger partial charge in [-0.2, -0.15) is 4.39 Å². The zero-order valence-electron chi connectivity index (χ0n) is 8.51. The van der Waals surface area contributed by atoms with Crippen molar-refractivity contribution in [1.82, 2.24) is 0 Å². The number of nitro benzene ring substituents is 4. The van der Waals surface area contributed by atoms with E-state index in [4.69, 9.17) is 0 Å². The third-order valence-electron chi connectivity index (χ3n) is 1.93. The van der Waals surface area contributed by atoms with Crippen LogP contribution in [0.4, 0.5) is 27.1 Å². The van der Waals surface area contributed by atoms with Crippen LogP contribution in [0.1, 0.15) is 0 Å². The summed E-state index contributed by atoms with van der Waals surface area (Å²) in [6.07, 6.45) is 0. The van der Waals surface area contributed by atoms with Gasteiger partial charge in [0.25, 0.3) is 5.82 Å². The molecule has 0 amide bonds. The van der Waals surface area contributed by atoms with Crippen molar-refractivity contribution in [3.63, 3.8) is 0 Å². The molecular formula is C6HFN4O8. The van der Waals surface area contributed by atoms with E-state index in [1.54, 1.807) is 0 Å². The first-order valence-corrected chi connectivity index (χ1v) is 4.12. The molecule has 0 aliphatic heterocycles. The Kier molecular flexibility index (Phi) is 3.31. The van der Waals surface area contributed by atoms with E-state index < -0.39 is 48.3 Å². The number of hydrogen-bond donors (Lipinski definition) is 0. The molecule has 0 fully saturated rings. The molecule has 0 radical (unpaired) electrons. The van der Waals surface area contributed by atoms with E-state index >= 15 is 0 Å². The third-order valence-corrected chi connectivity index (χ3v) is 1.93. The third kappa shape index (κ3) is 2.24. The Labute approximate surface area is 100 Å². The highest BCUT2D eigenvalue weighted by Crippen LogP contribution is 2.41. The van der Waals surface area contributed by atoms with E-state index in [0.29, 0.717) is 0 Å². The first kappa shape index (κ1) is 13.8. The molecular weight excluding hydrogens is 275 g/mol. The van der Waals surface area contributed by atoms with Crippen LogP contribution in [-0.2, 0) is 0 Å². The van der Waals surface area contributed by atoms with Gasteiger partial charge in [0.15, 0.2) is 0 Å². The average Bonchev–Trinajstić information content (AvgIpc) is 2.25. The van der Waals surface area contributed by atoms with Crippen molar-refractivity contribution in [2.45, 2.75) is 0 Å². The van der Waals surface area contributed by atoms with Gasteiger partial charge in [-0.3, -0.25) is 40.5 Å².